The Kier molecular flexibility index (Phi) is 5.90. The van der Waals surface area contributed by atoms with Crippen LogP contribution in [0, 0.1) is 11.2 Å². The zero-order chi connectivity index (χ0) is 19.8. The first kappa shape index (κ1) is 20.9. The van der Waals surface area contributed by atoms with E-state index in [2.05, 4.69) is 19.8 Å². The number of alkyl halides is 3. The van der Waals surface area contributed by atoms with Crippen molar-refractivity contribution in [1.82, 2.24) is 15.2 Å². The van der Waals surface area contributed by atoms with Gasteiger partial charge in [-0.2, -0.15) is 13.8 Å². The van der Waals surface area contributed by atoms with Crippen LogP contribution in [0.1, 0.15) is 32.2 Å². The molecule has 0 spiro atoms. The van der Waals surface area contributed by atoms with Gasteiger partial charge in [0.15, 0.2) is 0 Å². The molecule has 0 saturated carbocycles. The molecular weight excluding hydrogens is 390 g/mol. The molecule has 0 saturated heterocycles. The minimum Gasteiger partial charge on any atom is -0.331 e. The zero-order valence-electron chi connectivity index (χ0n) is 14.8. The number of halogens is 4. The van der Waals surface area contributed by atoms with E-state index >= 15 is 0 Å². The van der Waals surface area contributed by atoms with E-state index in [4.69, 9.17) is 11.6 Å². The van der Waals surface area contributed by atoms with Gasteiger partial charge in [0.2, 0.25) is 5.82 Å². The third-order valence-corrected chi connectivity index (χ3v) is 5.33. The van der Waals surface area contributed by atoms with Crippen LogP contribution in [0.3, 0.4) is 0 Å². The summed E-state index contributed by atoms with van der Waals surface area (Å²) in [4.78, 5) is 3.46. The fourth-order valence-corrected chi connectivity index (χ4v) is 3.96. The average molecular weight is 410 g/mol. The van der Waals surface area contributed by atoms with Gasteiger partial charge in [-0.25, -0.2) is 4.39 Å². The lowest BCUT2D eigenvalue weighted by Gasteiger charge is -2.23. The summed E-state index contributed by atoms with van der Waals surface area (Å²) in [6.45, 7) is 8.08. The van der Waals surface area contributed by atoms with Crippen LogP contribution in [0.2, 0.25) is 0 Å². The first-order valence-corrected chi connectivity index (χ1v) is 10.5. The predicted molar refractivity (Wildman–Crippen MR) is 94.1 cm³/mol. The molecule has 0 radical (unpaired) electrons. The van der Waals surface area contributed by atoms with Crippen LogP contribution in [0.15, 0.2) is 22.7 Å². The van der Waals surface area contributed by atoms with Crippen LogP contribution in [-0.2, 0) is 16.1 Å². The molecule has 0 aliphatic rings. The zero-order valence-corrected chi connectivity index (χ0v) is 16.5. The summed E-state index contributed by atoms with van der Waals surface area (Å²) < 4.78 is 57.2. The normalized spacial score (nSPS) is 15.1. The highest BCUT2D eigenvalue weighted by atomic mass is 35.5. The van der Waals surface area contributed by atoms with E-state index in [1.807, 2.05) is 20.8 Å². The maximum Gasteiger partial charge on any atom is 0.400 e. The monoisotopic (exact) mass is 409 g/mol. The molecule has 0 bridgehead atoms. The fourth-order valence-electron chi connectivity index (χ4n) is 2.06. The average Bonchev–Trinajstić information content (AvgIpc) is 2.97. The smallest absolute Gasteiger partial charge is 0.331 e. The first-order valence-electron chi connectivity index (χ1n) is 7.78. The number of aromatic nitrogens is 2. The van der Waals surface area contributed by atoms with E-state index in [-0.39, 0.29) is 28.5 Å². The van der Waals surface area contributed by atoms with Crippen molar-refractivity contribution in [3.8, 4) is 11.4 Å². The number of hydrogen-bond donors (Lipinski definition) is 1. The Morgan fingerprint density at radius 1 is 1.31 bits per heavy atom. The SMILES string of the molecule is CC(C)(C)CNP(C)(=O)Cc1ccc(-c2noc(C(F)(F)Cl)n2)cc1F. The number of nitrogens with one attached hydrogen (secondary N) is 1. The predicted octanol–water partition coefficient (Wildman–Crippen LogP) is 5.21. The highest BCUT2D eigenvalue weighted by Crippen LogP contribution is 2.42. The van der Waals surface area contributed by atoms with Crippen molar-refractivity contribution >= 4 is 18.9 Å². The molecule has 0 aliphatic heterocycles. The van der Waals surface area contributed by atoms with Gasteiger partial charge < -0.3 is 9.09 Å². The molecule has 10 heteroatoms. The second kappa shape index (κ2) is 7.33. The van der Waals surface area contributed by atoms with Crippen molar-refractivity contribution < 1.29 is 22.3 Å². The van der Waals surface area contributed by atoms with Gasteiger partial charge >= 0.3 is 11.3 Å². The molecule has 1 aromatic heterocycles. The van der Waals surface area contributed by atoms with Gasteiger partial charge in [-0.05, 0) is 28.6 Å². The molecule has 1 N–H and O–H groups in total. The Labute approximate surface area is 154 Å². The van der Waals surface area contributed by atoms with E-state index in [1.54, 1.807) is 6.66 Å². The Bertz CT molecular complexity index is 831. The quantitative estimate of drug-likeness (QED) is 0.524. The van der Waals surface area contributed by atoms with Crippen LogP contribution < -0.4 is 5.09 Å². The molecule has 2 aromatic rings. The lowest BCUT2D eigenvalue weighted by Crippen LogP contribution is -2.25. The third-order valence-electron chi connectivity index (χ3n) is 3.40. The second-order valence-electron chi connectivity index (χ2n) is 7.38. The van der Waals surface area contributed by atoms with Crippen LogP contribution in [-0.4, -0.2) is 23.4 Å². The van der Waals surface area contributed by atoms with Gasteiger partial charge in [0.05, 0.1) is 0 Å². The number of hydrogen-bond acceptors (Lipinski definition) is 4. The van der Waals surface area contributed by atoms with Crippen molar-refractivity contribution in [2.24, 2.45) is 5.41 Å². The van der Waals surface area contributed by atoms with Gasteiger partial charge in [-0.3, -0.25) is 5.09 Å². The lowest BCUT2D eigenvalue weighted by molar-refractivity contribution is 0.0551. The Morgan fingerprint density at radius 3 is 2.46 bits per heavy atom. The largest absolute Gasteiger partial charge is 0.400 e. The fraction of sp³-hybridized carbons (Fsp3) is 0.500. The Morgan fingerprint density at radius 2 is 1.96 bits per heavy atom. The molecular formula is C16H20ClF3N3O2P. The summed E-state index contributed by atoms with van der Waals surface area (Å²) in [5.41, 5.74) is 0.331. The van der Waals surface area contributed by atoms with Crippen molar-refractivity contribution in [3.05, 3.63) is 35.5 Å². The Hall–Kier alpha value is -1.37. The number of rotatable bonds is 6. The van der Waals surface area contributed by atoms with E-state index in [9.17, 15) is 17.7 Å². The molecule has 144 valence electrons. The van der Waals surface area contributed by atoms with Gasteiger partial charge in [-0.15, -0.1) is 0 Å². The summed E-state index contributed by atoms with van der Waals surface area (Å²) in [5.74, 6) is -1.91. The second-order valence-corrected chi connectivity index (χ2v) is 10.7. The molecule has 2 rings (SSSR count). The third kappa shape index (κ3) is 5.83. The van der Waals surface area contributed by atoms with Gasteiger partial charge in [0.25, 0.3) is 0 Å². The van der Waals surface area contributed by atoms with Crippen LogP contribution >= 0.6 is 18.9 Å². The lowest BCUT2D eigenvalue weighted by atomic mass is 9.98. The standard InChI is InChI=1S/C16H20ClF3N3O2P/c1-15(2,3)9-21-26(4,24)8-11-6-5-10(7-12(11)18)13-22-14(25-23-13)16(17,19)20/h5-7H,8-9H2,1-4H3,(H,21,24). The van der Waals surface area contributed by atoms with Crippen molar-refractivity contribution in [1.29, 1.82) is 0 Å². The van der Waals surface area contributed by atoms with Crippen LogP contribution in [0.25, 0.3) is 11.4 Å². The van der Waals surface area contributed by atoms with E-state index in [0.29, 0.717) is 6.54 Å². The van der Waals surface area contributed by atoms with Crippen LogP contribution in [0.5, 0.6) is 0 Å². The molecule has 1 heterocycles. The van der Waals surface area contributed by atoms with Crippen molar-refractivity contribution in [3.63, 3.8) is 0 Å². The van der Waals surface area contributed by atoms with Gasteiger partial charge in [-0.1, -0.05) is 38.1 Å². The minimum atomic E-state index is -3.79. The topological polar surface area (TPSA) is 68.0 Å². The minimum absolute atomic E-state index is 0.0203. The molecule has 0 aliphatic carbocycles. The molecule has 0 fully saturated rings. The summed E-state index contributed by atoms with van der Waals surface area (Å²) in [6, 6.07) is 3.96. The molecule has 1 atom stereocenters. The van der Waals surface area contributed by atoms with Crippen molar-refractivity contribution in [2.45, 2.75) is 32.3 Å². The maximum absolute atomic E-state index is 14.4. The number of nitrogens with zero attached hydrogens (tertiary/aromatic N) is 2. The summed E-state index contributed by atoms with van der Waals surface area (Å²) in [7, 11) is -2.80. The molecule has 1 aromatic carbocycles. The van der Waals surface area contributed by atoms with Crippen molar-refractivity contribution in [2.75, 3.05) is 13.2 Å². The van der Waals surface area contributed by atoms with E-state index in [0.717, 1.165) is 6.07 Å². The maximum atomic E-state index is 14.4. The van der Waals surface area contributed by atoms with Gasteiger partial charge in [0, 0.05) is 24.9 Å². The highest BCUT2D eigenvalue weighted by molar-refractivity contribution is 7.60. The molecule has 5 nitrogen and oxygen atoms in total. The molecule has 1 unspecified atom stereocenters. The van der Waals surface area contributed by atoms with Crippen LogP contribution in [0.4, 0.5) is 13.2 Å². The van der Waals surface area contributed by atoms with E-state index in [1.165, 1.54) is 12.1 Å². The summed E-state index contributed by atoms with van der Waals surface area (Å²) in [5, 5.41) is 2.57. The Balaban J connectivity index is 2.17. The molecule has 0 amide bonds. The summed E-state index contributed by atoms with van der Waals surface area (Å²) in [6.07, 6.45) is 0.0203. The van der Waals surface area contributed by atoms with E-state index < -0.39 is 24.4 Å². The molecule has 26 heavy (non-hydrogen) atoms. The number of benzene rings is 1. The highest BCUT2D eigenvalue weighted by Gasteiger charge is 2.35. The first-order chi connectivity index (χ1) is 11.8. The van der Waals surface area contributed by atoms with Gasteiger partial charge in [0.1, 0.15) is 13.1 Å². The summed E-state index contributed by atoms with van der Waals surface area (Å²) >= 11 is 4.81.